The van der Waals surface area contributed by atoms with Crippen LogP contribution in [-0.4, -0.2) is 20.6 Å². The minimum Gasteiger partial charge on any atom is -0.456 e. The van der Waals surface area contributed by atoms with Crippen molar-refractivity contribution in [1.82, 2.24) is 14.6 Å². The number of benzene rings is 1. The van der Waals surface area contributed by atoms with E-state index in [0.717, 1.165) is 10.6 Å². The molecule has 2 heterocycles. The summed E-state index contributed by atoms with van der Waals surface area (Å²) in [6, 6.07) is 9.58. The highest BCUT2D eigenvalue weighted by Gasteiger charge is 2.20. The van der Waals surface area contributed by atoms with Crippen molar-refractivity contribution in [2.24, 2.45) is 0 Å². The SMILES string of the molecule is Cc1nn2c(C(=O)OCc3ccccc3)c(C)nc2s1. The summed E-state index contributed by atoms with van der Waals surface area (Å²) in [6.07, 6.45) is 0. The highest BCUT2D eigenvalue weighted by Crippen LogP contribution is 2.19. The molecule has 0 bridgehead atoms. The van der Waals surface area contributed by atoms with E-state index in [1.165, 1.54) is 11.3 Å². The molecule has 1 aromatic carbocycles. The van der Waals surface area contributed by atoms with E-state index in [1.54, 1.807) is 11.4 Å². The molecule has 0 saturated heterocycles. The van der Waals surface area contributed by atoms with Gasteiger partial charge >= 0.3 is 5.97 Å². The topological polar surface area (TPSA) is 56.5 Å². The number of carbonyl (C=O) groups is 1. The van der Waals surface area contributed by atoms with E-state index in [4.69, 9.17) is 4.74 Å². The van der Waals surface area contributed by atoms with Gasteiger partial charge in [-0.25, -0.2) is 9.78 Å². The molecule has 5 nitrogen and oxygen atoms in total. The molecule has 0 aliphatic rings. The number of carbonyl (C=O) groups excluding carboxylic acids is 1. The maximum absolute atomic E-state index is 12.2. The van der Waals surface area contributed by atoms with Crippen molar-refractivity contribution in [2.75, 3.05) is 0 Å². The van der Waals surface area contributed by atoms with E-state index < -0.39 is 5.97 Å². The number of ether oxygens (including phenoxy) is 1. The number of nitrogens with zero attached hydrogens (tertiary/aromatic N) is 3. The van der Waals surface area contributed by atoms with E-state index in [-0.39, 0.29) is 6.61 Å². The molecular weight excluding hydrogens is 274 g/mol. The van der Waals surface area contributed by atoms with Crippen LogP contribution in [0.1, 0.15) is 26.8 Å². The Balaban J connectivity index is 1.83. The molecule has 0 spiro atoms. The largest absolute Gasteiger partial charge is 0.456 e. The lowest BCUT2D eigenvalue weighted by molar-refractivity contribution is 0.0462. The van der Waals surface area contributed by atoms with Gasteiger partial charge in [-0.05, 0) is 19.4 Å². The van der Waals surface area contributed by atoms with Gasteiger partial charge in [0.05, 0.1) is 5.69 Å². The summed E-state index contributed by atoms with van der Waals surface area (Å²) >= 11 is 1.45. The zero-order valence-electron chi connectivity index (χ0n) is 11.2. The molecule has 6 heteroatoms. The molecule has 3 aromatic rings. The minimum absolute atomic E-state index is 0.246. The van der Waals surface area contributed by atoms with Gasteiger partial charge in [-0.15, -0.1) is 0 Å². The monoisotopic (exact) mass is 287 g/mol. The first-order chi connectivity index (χ1) is 9.65. The molecule has 0 fully saturated rings. The normalized spacial score (nSPS) is 10.9. The standard InChI is InChI=1S/C14H13N3O2S/c1-9-12(17-14(15-9)20-10(2)16-17)13(18)19-8-11-6-4-3-5-7-11/h3-7H,8H2,1-2H3. The smallest absolute Gasteiger partial charge is 0.359 e. The number of aryl methyl sites for hydroxylation is 2. The molecule has 0 aliphatic carbocycles. The maximum Gasteiger partial charge on any atom is 0.359 e. The Morgan fingerprint density at radius 3 is 2.80 bits per heavy atom. The van der Waals surface area contributed by atoms with E-state index in [0.29, 0.717) is 16.3 Å². The van der Waals surface area contributed by atoms with E-state index in [9.17, 15) is 4.79 Å². The maximum atomic E-state index is 12.2. The molecule has 3 rings (SSSR count). The number of rotatable bonds is 3. The van der Waals surface area contributed by atoms with Crippen LogP contribution in [-0.2, 0) is 11.3 Å². The molecule has 0 amide bonds. The Bertz CT molecular complexity index is 761. The fraction of sp³-hybridized carbons (Fsp3) is 0.214. The summed E-state index contributed by atoms with van der Waals surface area (Å²) < 4.78 is 6.89. The van der Waals surface area contributed by atoms with Crippen molar-refractivity contribution in [3.8, 4) is 0 Å². The first-order valence-electron chi connectivity index (χ1n) is 6.19. The molecular formula is C14H13N3O2S. The van der Waals surface area contributed by atoms with E-state index in [1.807, 2.05) is 37.3 Å². The third-order valence-electron chi connectivity index (χ3n) is 2.88. The van der Waals surface area contributed by atoms with Gasteiger partial charge in [0.15, 0.2) is 5.69 Å². The third-order valence-corrected chi connectivity index (χ3v) is 3.71. The van der Waals surface area contributed by atoms with Crippen molar-refractivity contribution in [1.29, 1.82) is 0 Å². The Morgan fingerprint density at radius 2 is 2.05 bits per heavy atom. The lowest BCUT2D eigenvalue weighted by atomic mass is 10.2. The molecule has 2 aromatic heterocycles. The molecule has 0 saturated carbocycles. The predicted octanol–water partition coefficient (Wildman–Crippen LogP) is 2.76. The number of hydrogen-bond acceptors (Lipinski definition) is 5. The van der Waals surface area contributed by atoms with Crippen LogP contribution < -0.4 is 0 Å². The number of hydrogen-bond donors (Lipinski definition) is 0. The second-order valence-electron chi connectivity index (χ2n) is 4.42. The third kappa shape index (κ3) is 2.30. The van der Waals surface area contributed by atoms with Crippen molar-refractivity contribution >= 4 is 22.3 Å². The summed E-state index contributed by atoms with van der Waals surface area (Å²) in [5.41, 5.74) is 2.00. The summed E-state index contributed by atoms with van der Waals surface area (Å²) in [5.74, 6) is -0.399. The quantitative estimate of drug-likeness (QED) is 0.695. The Hall–Kier alpha value is -2.21. The fourth-order valence-electron chi connectivity index (χ4n) is 1.97. The van der Waals surface area contributed by atoms with Gasteiger partial charge in [-0.1, -0.05) is 41.7 Å². The molecule has 102 valence electrons. The average Bonchev–Trinajstić information content (AvgIpc) is 2.91. The molecule has 0 atom stereocenters. The van der Waals surface area contributed by atoms with Crippen molar-refractivity contribution in [2.45, 2.75) is 20.5 Å². The second-order valence-corrected chi connectivity index (χ2v) is 5.58. The first-order valence-corrected chi connectivity index (χ1v) is 7.00. The van der Waals surface area contributed by atoms with Crippen LogP contribution in [0.2, 0.25) is 0 Å². The van der Waals surface area contributed by atoms with Gasteiger partial charge in [0.2, 0.25) is 4.96 Å². The second kappa shape index (κ2) is 5.05. The Kier molecular flexibility index (Phi) is 3.23. The van der Waals surface area contributed by atoms with Crippen LogP contribution in [0, 0.1) is 13.8 Å². The molecule has 20 heavy (non-hydrogen) atoms. The average molecular weight is 287 g/mol. The number of fused-ring (bicyclic) bond motifs is 1. The summed E-state index contributed by atoms with van der Waals surface area (Å²) in [6.45, 7) is 3.92. The van der Waals surface area contributed by atoms with Crippen molar-refractivity contribution in [3.63, 3.8) is 0 Å². The van der Waals surface area contributed by atoms with Crippen molar-refractivity contribution < 1.29 is 9.53 Å². The molecule has 0 radical (unpaired) electrons. The minimum atomic E-state index is -0.399. The summed E-state index contributed by atoms with van der Waals surface area (Å²) in [7, 11) is 0. The van der Waals surface area contributed by atoms with Gasteiger partial charge in [0.1, 0.15) is 11.6 Å². The lowest BCUT2D eigenvalue weighted by Crippen LogP contribution is -2.10. The van der Waals surface area contributed by atoms with Crippen LogP contribution in [0.3, 0.4) is 0 Å². The Labute approximate surface area is 119 Å². The Morgan fingerprint density at radius 1 is 1.30 bits per heavy atom. The summed E-state index contributed by atoms with van der Waals surface area (Å²) in [5, 5.41) is 5.15. The number of aromatic nitrogens is 3. The predicted molar refractivity (Wildman–Crippen MR) is 75.9 cm³/mol. The summed E-state index contributed by atoms with van der Waals surface area (Å²) in [4.78, 5) is 17.2. The van der Waals surface area contributed by atoms with Gasteiger partial charge in [-0.3, -0.25) is 0 Å². The molecule has 0 unspecified atom stereocenters. The number of imidazole rings is 1. The van der Waals surface area contributed by atoms with Crippen LogP contribution in [0.4, 0.5) is 0 Å². The van der Waals surface area contributed by atoms with Crippen LogP contribution in [0.15, 0.2) is 30.3 Å². The van der Waals surface area contributed by atoms with E-state index >= 15 is 0 Å². The van der Waals surface area contributed by atoms with Crippen LogP contribution in [0.5, 0.6) is 0 Å². The number of esters is 1. The van der Waals surface area contributed by atoms with Gasteiger partial charge < -0.3 is 4.74 Å². The van der Waals surface area contributed by atoms with Gasteiger partial charge in [0.25, 0.3) is 0 Å². The zero-order valence-corrected chi connectivity index (χ0v) is 12.0. The zero-order chi connectivity index (χ0) is 14.1. The molecule has 0 N–H and O–H groups in total. The lowest BCUT2D eigenvalue weighted by Gasteiger charge is -2.04. The van der Waals surface area contributed by atoms with Gasteiger partial charge in [0, 0.05) is 0 Å². The fourth-order valence-corrected chi connectivity index (χ4v) is 2.76. The molecule has 0 aliphatic heterocycles. The van der Waals surface area contributed by atoms with Crippen LogP contribution >= 0.6 is 11.3 Å². The van der Waals surface area contributed by atoms with Crippen molar-refractivity contribution in [3.05, 3.63) is 52.3 Å². The first kappa shape index (κ1) is 12.8. The van der Waals surface area contributed by atoms with E-state index in [2.05, 4.69) is 10.1 Å². The highest BCUT2D eigenvalue weighted by atomic mass is 32.1. The van der Waals surface area contributed by atoms with Crippen LogP contribution in [0.25, 0.3) is 4.96 Å². The highest BCUT2D eigenvalue weighted by molar-refractivity contribution is 7.16. The van der Waals surface area contributed by atoms with Gasteiger partial charge in [-0.2, -0.15) is 9.61 Å².